The molecule has 17 atom stereocenters. The number of benzene rings is 1. The number of aromatic nitrogens is 1. The number of carboxylic acid groups (broad SMARTS) is 1. The number of halogens is 1. The normalized spacial score (nSPS) is 37.6. The molecular weight excluding hydrogens is 1040 g/mol. The number of aliphatic hydroxyl groups is 3. The molecule has 5 aliphatic rings. The summed E-state index contributed by atoms with van der Waals surface area (Å²) in [6, 6.07) is 2.40. The largest absolute Gasteiger partial charge is 0.477 e. The van der Waals surface area contributed by atoms with Gasteiger partial charge in [-0.05, 0) is 126 Å². The number of likely N-dealkylation sites (N-methyl/N-ethyl adjacent to an activating group) is 1. The third kappa shape index (κ3) is 14.2. The van der Waals surface area contributed by atoms with Gasteiger partial charge in [0.1, 0.15) is 35.3 Å². The summed E-state index contributed by atoms with van der Waals surface area (Å²) in [5.74, 6) is -4.56. The maximum absolute atomic E-state index is 15.7. The zero-order valence-corrected chi connectivity index (χ0v) is 49.9. The van der Waals surface area contributed by atoms with Crippen LogP contribution in [-0.4, -0.2) is 209 Å². The first-order valence-electron chi connectivity index (χ1n) is 29.1. The third-order valence-corrected chi connectivity index (χ3v) is 18.2. The van der Waals surface area contributed by atoms with Crippen LogP contribution >= 0.6 is 0 Å². The number of ether oxygens (including phenoxy) is 7. The molecule has 4 N–H and O–H groups in total. The molecule has 0 spiro atoms. The number of cyclic esters (lactones) is 1. The molecule has 4 saturated heterocycles. The van der Waals surface area contributed by atoms with E-state index >= 15 is 4.39 Å². The van der Waals surface area contributed by atoms with Gasteiger partial charge in [-0.15, -0.1) is 0 Å². The van der Waals surface area contributed by atoms with Crippen molar-refractivity contribution in [1.29, 1.82) is 0 Å². The Morgan fingerprint density at radius 1 is 0.912 bits per heavy atom. The minimum absolute atomic E-state index is 0.0280. The van der Waals surface area contributed by atoms with Gasteiger partial charge >= 0.3 is 11.9 Å². The van der Waals surface area contributed by atoms with Crippen LogP contribution < -0.4 is 10.3 Å². The standard InChI is InChI=1S/C59H94FN5O15/c1-15-46-59(10,73)52(68)37(6)62(13)31-33(2)29-57(8,72)53(80-48-26-40(61(11)12)25-34(3)76-48)35(4)51(36(5)56(71)78-46)79-49-30-58(9,74-14)54(38(7)77-49)75-24-16-17-47(66)64-22-20-63(21-23-64)45-28-44-41(27-43(45)60)50(67)42(55(69)70)32-65(44)39-18-19-39/h27-28,32-40,46,48-49,51-54,68,72-73H,15-26,29-31H2,1-14H3,(H,69,70)/t33-,34-,35+,36-,37-,38+,40+,46-,48+,49+,51+,52-,53-,54+,57-,58-,59-/m1/s1. The van der Waals surface area contributed by atoms with Crippen molar-refractivity contribution < 1.29 is 72.4 Å². The number of carbonyl (C=O) groups is 3. The number of piperazine rings is 1. The van der Waals surface area contributed by atoms with E-state index in [0.717, 1.165) is 25.3 Å². The van der Waals surface area contributed by atoms with E-state index in [1.54, 1.807) is 43.4 Å². The molecule has 1 aromatic heterocycles. The molecule has 452 valence electrons. The lowest BCUT2D eigenvalue weighted by Crippen LogP contribution is -2.60. The van der Waals surface area contributed by atoms with E-state index in [1.165, 1.54) is 13.1 Å². The lowest BCUT2D eigenvalue weighted by molar-refractivity contribution is -0.313. The molecule has 0 unspecified atom stereocenters. The van der Waals surface area contributed by atoms with Crippen LogP contribution in [0.1, 0.15) is 143 Å². The zero-order valence-electron chi connectivity index (χ0n) is 49.9. The maximum atomic E-state index is 15.7. The zero-order chi connectivity index (χ0) is 58.9. The van der Waals surface area contributed by atoms with Gasteiger partial charge in [-0.3, -0.25) is 14.4 Å². The number of aliphatic hydroxyl groups excluding tert-OH is 1. The van der Waals surface area contributed by atoms with Crippen molar-refractivity contribution in [2.75, 3.05) is 72.5 Å². The maximum Gasteiger partial charge on any atom is 0.341 e. The lowest BCUT2D eigenvalue weighted by atomic mass is 9.77. The Hall–Kier alpha value is -3.87. The minimum atomic E-state index is -1.83. The van der Waals surface area contributed by atoms with E-state index in [9.17, 15) is 39.6 Å². The first-order chi connectivity index (χ1) is 37.5. The molecule has 1 aliphatic carbocycles. The first kappa shape index (κ1) is 63.7. The Balaban J connectivity index is 1.04. The molecule has 2 aromatic rings. The summed E-state index contributed by atoms with van der Waals surface area (Å²) in [5.41, 5.74) is -4.63. The SMILES string of the molecule is CC[C@H]1OC(=O)[C@H](C)[C@@H](O[C@H]2C[C@@](C)(OC)[C@@H](OCCCC(=O)N3CCN(c4cc5c(cc4F)c(=O)c(C(=O)O)cn5C4CC4)CC3)[C@H](C)O2)[C@H](C)[C@@H](O[C@H]2C[C@@H](N(C)C)C[C@@H](C)O2)[C@](C)(O)C[C@@H](C)CN(C)[C@H](C)[C@@H](O)[C@]1(C)O. The van der Waals surface area contributed by atoms with Crippen LogP contribution in [0.3, 0.4) is 0 Å². The summed E-state index contributed by atoms with van der Waals surface area (Å²) >= 11 is 0. The number of rotatable bonds is 15. The Bertz CT molecular complexity index is 2520. The Kier molecular flexibility index (Phi) is 20.7. The summed E-state index contributed by atoms with van der Waals surface area (Å²) in [6.07, 6.45) is -1.67. The van der Waals surface area contributed by atoms with Crippen molar-refractivity contribution in [3.8, 4) is 0 Å². The van der Waals surface area contributed by atoms with Crippen LogP contribution in [0.25, 0.3) is 10.9 Å². The van der Waals surface area contributed by atoms with E-state index in [-0.39, 0.29) is 73.3 Å². The molecule has 20 nitrogen and oxygen atoms in total. The van der Waals surface area contributed by atoms with E-state index in [0.29, 0.717) is 56.8 Å². The number of aromatic carboxylic acids is 1. The van der Waals surface area contributed by atoms with Crippen molar-refractivity contribution in [3.05, 3.63) is 39.9 Å². The molecule has 5 fully saturated rings. The highest BCUT2D eigenvalue weighted by Crippen LogP contribution is 2.42. The van der Waals surface area contributed by atoms with Crippen LogP contribution in [-0.2, 0) is 42.7 Å². The molecule has 5 heterocycles. The summed E-state index contributed by atoms with van der Waals surface area (Å²) in [5, 5.41) is 46.1. The lowest BCUT2D eigenvalue weighted by Gasteiger charge is -2.49. The van der Waals surface area contributed by atoms with Crippen molar-refractivity contribution >= 4 is 34.4 Å². The van der Waals surface area contributed by atoms with Gasteiger partial charge in [0.2, 0.25) is 11.3 Å². The van der Waals surface area contributed by atoms with Crippen LogP contribution in [0.15, 0.2) is 23.1 Å². The second kappa shape index (κ2) is 26.0. The summed E-state index contributed by atoms with van der Waals surface area (Å²) in [4.78, 5) is 60.8. The van der Waals surface area contributed by atoms with Gasteiger partial charge in [0.15, 0.2) is 12.6 Å². The summed E-state index contributed by atoms with van der Waals surface area (Å²) < 4.78 is 63.4. The quantitative estimate of drug-likeness (QED) is 0.126. The van der Waals surface area contributed by atoms with Crippen LogP contribution in [0, 0.1) is 23.6 Å². The molecular formula is C59H94FN5O15. The third-order valence-electron chi connectivity index (χ3n) is 18.2. The van der Waals surface area contributed by atoms with Crippen LogP contribution in [0.4, 0.5) is 10.1 Å². The number of carboxylic acids is 1. The number of hydrogen-bond acceptors (Lipinski definition) is 17. The van der Waals surface area contributed by atoms with Crippen LogP contribution in [0.2, 0.25) is 0 Å². The van der Waals surface area contributed by atoms with Gasteiger partial charge in [0.05, 0.1) is 52.7 Å². The summed E-state index contributed by atoms with van der Waals surface area (Å²) in [6.45, 7) is 20.3. The number of nitrogens with zero attached hydrogens (tertiary/aromatic N) is 5. The van der Waals surface area contributed by atoms with E-state index in [1.807, 2.05) is 72.5 Å². The highest BCUT2D eigenvalue weighted by Gasteiger charge is 2.53. The van der Waals surface area contributed by atoms with Gasteiger partial charge in [0, 0.05) is 101 Å². The minimum Gasteiger partial charge on any atom is -0.477 e. The molecule has 0 radical (unpaired) electrons. The second-order valence-electron chi connectivity index (χ2n) is 25.0. The van der Waals surface area contributed by atoms with Crippen molar-refractivity contribution in [2.24, 2.45) is 17.8 Å². The van der Waals surface area contributed by atoms with E-state index < -0.39 is 107 Å². The second-order valence-corrected chi connectivity index (χ2v) is 25.0. The molecule has 80 heavy (non-hydrogen) atoms. The number of anilines is 1. The predicted octanol–water partition coefficient (Wildman–Crippen LogP) is 5.57. The average Bonchev–Trinajstić information content (AvgIpc) is 4.27. The Morgan fingerprint density at radius 3 is 2.20 bits per heavy atom. The number of hydrogen-bond donors (Lipinski definition) is 4. The smallest absolute Gasteiger partial charge is 0.341 e. The Labute approximate surface area is 472 Å². The van der Waals surface area contributed by atoms with Gasteiger partial charge in [0.25, 0.3) is 0 Å². The monoisotopic (exact) mass is 1130 g/mol. The average molecular weight is 1130 g/mol. The molecule has 21 heteroatoms. The number of amides is 1. The molecule has 0 bridgehead atoms. The molecule has 4 aliphatic heterocycles. The van der Waals surface area contributed by atoms with Gasteiger partial charge in [-0.25, -0.2) is 9.18 Å². The van der Waals surface area contributed by atoms with Gasteiger partial charge in [-0.2, -0.15) is 0 Å². The predicted molar refractivity (Wildman–Crippen MR) is 298 cm³/mol. The Morgan fingerprint density at radius 2 is 1.59 bits per heavy atom. The first-order valence-corrected chi connectivity index (χ1v) is 29.1. The topological polar surface area (TPSA) is 232 Å². The van der Waals surface area contributed by atoms with Crippen LogP contribution in [0.5, 0.6) is 0 Å². The molecule has 7 rings (SSSR count). The number of fused-ring (bicyclic) bond motifs is 1. The highest BCUT2D eigenvalue weighted by atomic mass is 19.1. The number of esters is 1. The fourth-order valence-electron chi connectivity index (χ4n) is 13.2. The molecule has 1 amide bonds. The fourth-order valence-corrected chi connectivity index (χ4v) is 13.2. The molecule has 1 saturated carbocycles. The summed E-state index contributed by atoms with van der Waals surface area (Å²) in [7, 11) is 7.50. The van der Waals surface area contributed by atoms with E-state index in [4.69, 9.17) is 33.2 Å². The van der Waals surface area contributed by atoms with Gasteiger partial charge in [-0.1, -0.05) is 20.8 Å². The van der Waals surface area contributed by atoms with Crippen molar-refractivity contribution in [3.63, 3.8) is 0 Å². The van der Waals surface area contributed by atoms with Gasteiger partial charge < -0.3 is 77.8 Å². The number of carbonyl (C=O) groups excluding carboxylic acids is 2. The van der Waals surface area contributed by atoms with E-state index in [2.05, 4.69) is 4.90 Å². The van der Waals surface area contributed by atoms with Crippen molar-refractivity contribution in [1.82, 2.24) is 19.3 Å². The number of pyridine rings is 1. The highest BCUT2D eigenvalue weighted by molar-refractivity contribution is 5.93. The number of methoxy groups -OCH3 is 1. The fraction of sp³-hybridized carbons (Fsp3) is 0.797. The molecule has 1 aromatic carbocycles. The van der Waals surface area contributed by atoms with Crippen molar-refractivity contribution in [2.45, 2.75) is 217 Å².